The molecule has 2 aromatic carbocycles. The molecule has 3 rings (SSSR count). The number of aliphatic imine (C=N–C) groups is 1. The third-order valence-electron chi connectivity index (χ3n) is 5.06. The van der Waals surface area contributed by atoms with Crippen molar-refractivity contribution in [1.82, 2.24) is 15.9 Å². The van der Waals surface area contributed by atoms with Gasteiger partial charge < -0.3 is 0 Å². The Labute approximate surface area is 176 Å². The molecule has 7 heteroatoms. The molecule has 1 aliphatic heterocycles. The monoisotopic (exact) mass is 411 g/mol. The molecule has 0 aromatic heterocycles. The summed E-state index contributed by atoms with van der Waals surface area (Å²) in [4.78, 5) is 15.9. The second-order valence-electron chi connectivity index (χ2n) is 7.53. The molecule has 1 heterocycles. The molecule has 1 unspecified atom stereocenters. The molecular weight excluding hydrogens is 386 g/mol. The fourth-order valence-corrected chi connectivity index (χ4v) is 3.20. The molecule has 1 atom stereocenters. The molecule has 6 nitrogen and oxygen atoms in total. The van der Waals surface area contributed by atoms with Crippen LogP contribution in [0.25, 0.3) is 0 Å². The predicted octanol–water partition coefficient (Wildman–Crippen LogP) is 4.43. The predicted molar refractivity (Wildman–Crippen MR) is 119 cm³/mol. The van der Waals surface area contributed by atoms with Crippen LogP contribution < -0.4 is 10.9 Å². The zero-order valence-electron chi connectivity index (χ0n) is 17.3. The van der Waals surface area contributed by atoms with Gasteiger partial charge in [-0.2, -0.15) is 5.10 Å². The van der Waals surface area contributed by atoms with Crippen molar-refractivity contribution in [3.05, 3.63) is 64.2 Å². The van der Waals surface area contributed by atoms with Crippen molar-refractivity contribution in [3.63, 3.8) is 0 Å². The van der Waals surface area contributed by atoms with E-state index in [0.29, 0.717) is 28.5 Å². The minimum absolute atomic E-state index is 0.222. The van der Waals surface area contributed by atoms with Gasteiger partial charge >= 0.3 is 0 Å². The Hall–Kier alpha value is -2.86. The van der Waals surface area contributed by atoms with Gasteiger partial charge in [-0.25, -0.2) is 10.0 Å². The van der Waals surface area contributed by atoms with Crippen LogP contribution in [0.4, 0.5) is 5.69 Å². The number of benzene rings is 2. The highest BCUT2D eigenvalue weighted by molar-refractivity contribution is 6.31. The number of hydrogen-bond acceptors (Lipinski definition) is 5. The van der Waals surface area contributed by atoms with Crippen LogP contribution in [0.3, 0.4) is 0 Å². The Balaban J connectivity index is 2.04. The maximum atomic E-state index is 11.3. The quantitative estimate of drug-likeness (QED) is 0.734. The van der Waals surface area contributed by atoms with Gasteiger partial charge in [-0.3, -0.25) is 15.6 Å². The number of guanidine groups is 1. The minimum atomic E-state index is -0.222. The first-order chi connectivity index (χ1) is 13.8. The summed E-state index contributed by atoms with van der Waals surface area (Å²) in [6.07, 6.45) is 0. The number of halogens is 1. The molecule has 0 bridgehead atoms. The van der Waals surface area contributed by atoms with Crippen LogP contribution in [0.2, 0.25) is 5.02 Å². The summed E-state index contributed by atoms with van der Waals surface area (Å²) >= 11 is 6.27. The van der Waals surface area contributed by atoms with E-state index < -0.39 is 0 Å². The highest BCUT2D eigenvalue weighted by Crippen LogP contribution is 2.30. The average molecular weight is 412 g/mol. The molecule has 0 fully saturated rings. The molecule has 2 N–H and O–H groups in total. The van der Waals surface area contributed by atoms with Gasteiger partial charge in [0.15, 0.2) is 0 Å². The van der Waals surface area contributed by atoms with Crippen molar-refractivity contribution in [1.29, 1.82) is 0 Å². The molecule has 0 spiro atoms. The number of rotatable bonds is 3. The largest absolute Gasteiger partial charge is 0.274 e. The summed E-state index contributed by atoms with van der Waals surface area (Å²) in [6, 6.07) is 14.0. The first-order valence-electron chi connectivity index (χ1n) is 9.60. The molecular formula is C22H26ClN5O. The average Bonchev–Trinajstić information content (AvgIpc) is 2.82. The number of carbonyl (C=O) groups is 1. The number of amides is 1. The van der Waals surface area contributed by atoms with Crippen LogP contribution in [0, 0.1) is 5.92 Å². The molecule has 1 aliphatic rings. The number of carbonyl (C=O) groups excluding carboxylic acids is 1. The van der Waals surface area contributed by atoms with Gasteiger partial charge in [0, 0.05) is 30.1 Å². The van der Waals surface area contributed by atoms with Crippen molar-refractivity contribution >= 4 is 34.9 Å². The number of nitrogens with one attached hydrogen (secondary N) is 2. The zero-order valence-corrected chi connectivity index (χ0v) is 18.1. The van der Waals surface area contributed by atoms with E-state index in [4.69, 9.17) is 16.7 Å². The summed E-state index contributed by atoms with van der Waals surface area (Å²) in [5, 5.41) is 6.95. The van der Waals surface area contributed by atoms with Crippen LogP contribution in [0.1, 0.15) is 50.3 Å². The highest BCUT2D eigenvalue weighted by atomic mass is 35.5. The van der Waals surface area contributed by atoms with Crippen molar-refractivity contribution in [3.8, 4) is 0 Å². The third-order valence-corrected chi connectivity index (χ3v) is 5.29. The third kappa shape index (κ3) is 4.77. The fraction of sp³-hybridized carbons (Fsp3) is 0.318. The summed E-state index contributed by atoms with van der Waals surface area (Å²) in [6.45, 7) is 8.11. The van der Waals surface area contributed by atoms with Gasteiger partial charge in [0.05, 0.1) is 5.69 Å². The maximum Gasteiger partial charge on any atom is 0.238 e. The Bertz CT molecular complexity index is 966. The Kier molecular flexibility index (Phi) is 6.23. The second kappa shape index (κ2) is 8.66. The number of hydrazine groups is 1. The van der Waals surface area contributed by atoms with Crippen LogP contribution >= 0.6 is 11.6 Å². The van der Waals surface area contributed by atoms with Crippen LogP contribution in [-0.2, 0) is 4.79 Å². The van der Waals surface area contributed by atoms with Crippen molar-refractivity contribution in [2.45, 2.75) is 33.6 Å². The van der Waals surface area contributed by atoms with Gasteiger partial charge in [0.25, 0.3) is 0 Å². The van der Waals surface area contributed by atoms with Gasteiger partial charge in [0.2, 0.25) is 11.9 Å². The minimum Gasteiger partial charge on any atom is -0.274 e. The molecule has 29 heavy (non-hydrogen) atoms. The number of fused-ring (bicyclic) bond motifs is 1. The summed E-state index contributed by atoms with van der Waals surface area (Å²) in [7, 11) is 1.77. The van der Waals surface area contributed by atoms with E-state index in [-0.39, 0.29) is 5.91 Å². The number of hydrazone groups is 1. The summed E-state index contributed by atoms with van der Waals surface area (Å²) in [5.41, 5.74) is 9.92. The smallest absolute Gasteiger partial charge is 0.238 e. The van der Waals surface area contributed by atoms with Gasteiger partial charge in [-0.1, -0.05) is 56.6 Å². The van der Waals surface area contributed by atoms with E-state index in [2.05, 4.69) is 60.9 Å². The lowest BCUT2D eigenvalue weighted by atomic mass is 9.89. The lowest BCUT2D eigenvalue weighted by Crippen LogP contribution is -2.46. The van der Waals surface area contributed by atoms with Gasteiger partial charge in [-0.15, -0.1) is 0 Å². The van der Waals surface area contributed by atoms with Crippen molar-refractivity contribution < 1.29 is 4.79 Å². The molecule has 152 valence electrons. The topological polar surface area (TPSA) is 69.1 Å². The lowest BCUT2D eigenvalue weighted by molar-refractivity contribution is -0.119. The van der Waals surface area contributed by atoms with Crippen LogP contribution in [0.15, 0.2) is 52.6 Å². The highest BCUT2D eigenvalue weighted by Gasteiger charge is 2.20. The Morgan fingerprint density at radius 3 is 2.41 bits per heavy atom. The van der Waals surface area contributed by atoms with E-state index in [1.807, 2.05) is 12.1 Å². The summed E-state index contributed by atoms with van der Waals surface area (Å²) in [5.74, 6) is 1.23. The molecule has 2 aromatic rings. The Morgan fingerprint density at radius 1 is 1.10 bits per heavy atom. The molecule has 0 aliphatic carbocycles. The summed E-state index contributed by atoms with van der Waals surface area (Å²) < 4.78 is 0. The molecule has 0 saturated heterocycles. The van der Waals surface area contributed by atoms with Crippen molar-refractivity contribution in [2.24, 2.45) is 16.0 Å². The molecule has 0 radical (unpaired) electrons. The van der Waals surface area contributed by atoms with E-state index in [1.165, 1.54) is 12.5 Å². The normalized spacial score (nSPS) is 14.5. The second-order valence-corrected chi connectivity index (χ2v) is 7.97. The lowest BCUT2D eigenvalue weighted by Gasteiger charge is -2.18. The van der Waals surface area contributed by atoms with Crippen LogP contribution in [0.5, 0.6) is 0 Å². The van der Waals surface area contributed by atoms with Crippen molar-refractivity contribution in [2.75, 3.05) is 7.05 Å². The zero-order chi connectivity index (χ0) is 21.1. The first kappa shape index (κ1) is 20.9. The molecule has 1 amide bonds. The van der Waals surface area contributed by atoms with Gasteiger partial charge in [-0.05, 0) is 35.6 Å². The standard InChI is InChI=1S/C22H26ClN5O/c1-13(2)14(3)16-6-8-17(9-7-16)21-19-12-18(23)10-11-20(19)24-22(28(5)27-21)26-25-15(4)29/h6-14H,1-5H3,(H,24,26)(H,25,29). The SMILES string of the molecule is CC(=O)NNC1=Nc2ccc(Cl)cc2C(c2ccc(C(C)C(C)C)cc2)=NN1C. The van der Waals surface area contributed by atoms with Crippen LogP contribution in [-0.4, -0.2) is 29.6 Å². The first-order valence-corrected chi connectivity index (χ1v) is 9.98. The number of hydrogen-bond donors (Lipinski definition) is 2. The van der Waals surface area contributed by atoms with Gasteiger partial charge in [0.1, 0.15) is 5.71 Å². The molecule has 0 saturated carbocycles. The van der Waals surface area contributed by atoms with E-state index >= 15 is 0 Å². The fourth-order valence-electron chi connectivity index (χ4n) is 3.03. The Morgan fingerprint density at radius 2 is 1.79 bits per heavy atom. The number of nitrogens with zero attached hydrogens (tertiary/aromatic N) is 3. The van der Waals surface area contributed by atoms with E-state index in [9.17, 15) is 4.79 Å². The van der Waals surface area contributed by atoms with E-state index in [1.54, 1.807) is 18.1 Å². The van der Waals surface area contributed by atoms with E-state index in [0.717, 1.165) is 16.8 Å². The maximum absolute atomic E-state index is 11.3.